The van der Waals surface area contributed by atoms with Crippen molar-refractivity contribution in [2.75, 3.05) is 13.2 Å². The second-order valence-corrected chi connectivity index (χ2v) is 11.0. The van der Waals surface area contributed by atoms with Crippen molar-refractivity contribution < 1.29 is 63.7 Å². The highest BCUT2D eigenvalue weighted by atomic mass is 16.6. The highest BCUT2D eigenvalue weighted by Crippen LogP contribution is 2.23. The van der Waals surface area contributed by atoms with Crippen molar-refractivity contribution in [2.24, 2.45) is 23.7 Å². The third-order valence-corrected chi connectivity index (χ3v) is 7.70. The molecule has 0 heterocycles. The summed E-state index contributed by atoms with van der Waals surface area (Å²) in [6, 6.07) is 0. The van der Waals surface area contributed by atoms with Crippen LogP contribution >= 0.6 is 0 Å². The molecular formula is C29H52O13. The lowest BCUT2D eigenvalue weighted by molar-refractivity contribution is -0.193. The molecule has 0 aromatic carbocycles. The van der Waals surface area contributed by atoms with E-state index in [-0.39, 0.29) is 0 Å². The summed E-state index contributed by atoms with van der Waals surface area (Å²) in [6.07, 6.45) is -9.29. The predicted octanol–water partition coefficient (Wildman–Crippen LogP) is 0.885. The van der Waals surface area contributed by atoms with E-state index in [1.807, 2.05) is 0 Å². The number of hydrogen-bond acceptors (Lipinski definition) is 13. The molecule has 0 aliphatic rings. The molecule has 0 aromatic rings. The van der Waals surface area contributed by atoms with Crippen molar-refractivity contribution in [1.82, 2.24) is 0 Å². The first-order valence-electron chi connectivity index (χ1n) is 14.7. The second kappa shape index (κ2) is 19.8. The zero-order valence-corrected chi connectivity index (χ0v) is 26.1. The van der Waals surface area contributed by atoms with Crippen molar-refractivity contribution in [2.45, 2.75) is 124 Å². The van der Waals surface area contributed by atoms with Gasteiger partial charge in [0.1, 0.15) is 24.9 Å². The molecular weight excluding hydrogens is 556 g/mol. The van der Waals surface area contributed by atoms with Gasteiger partial charge in [-0.25, -0.2) is 19.2 Å². The molecule has 246 valence electrons. The summed E-state index contributed by atoms with van der Waals surface area (Å²) >= 11 is 0. The van der Waals surface area contributed by atoms with Crippen LogP contribution in [0.5, 0.6) is 0 Å². The molecule has 0 aromatic heterocycles. The Morgan fingerprint density at radius 3 is 1.26 bits per heavy atom. The molecule has 0 aliphatic heterocycles. The molecule has 11 atom stereocenters. The number of carbonyl (C=O) groups excluding carboxylic acids is 4. The van der Waals surface area contributed by atoms with Gasteiger partial charge < -0.3 is 44.5 Å². The van der Waals surface area contributed by atoms with E-state index < -0.39 is 103 Å². The largest absolute Gasteiger partial charge is 0.460 e. The SMILES string of the molecule is CCC(C)C(O)C(=O)OC(C(=O)OC(C(=O)OC(C(=O)OCC(O)C(O)C(O)CO)C(C)CC)C(C)CC)C(C)CC. The van der Waals surface area contributed by atoms with Gasteiger partial charge in [0, 0.05) is 17.8 Å². The van der Waals surface area contributed by atoms with Crippen molar-refractivity contribution in [3.63, 3.8) is 0 Å². The van der Waals surface area contributed by atoms with Gasteiger partial charge in [0.25, 0.3) is 0 Å². The minimum Gasteiger partial charge on any atom is -0.460 e. The lowest BCUT2D eigenvalue weighted by atomic mass is 9.98. The molecule has 0 rings (SSSR count). The Morgan fingerprint density at radius 2 is 0.905 bits per heavy atom. The van der Waals surface area contributed by atoms with Crippen LogP contribution in [0.4, 0.5) is 0 Å². The molecule has 0 amide bonds. The van der Waals surface area contributed by atoms with Gasteiger partial charge in [-0.05, 0) is 25.2 Å². The summed E-state index contributed by atoms with van der Waals surface area (Å²) in [6.45, 7) is 12.0. The van der Waals surface area contributed by atoms with E-state index in [9.17, 15) is 39.6 Å². The van der Waals surface area contributed by atoms with Crippen molar-refractivity contribution in [3.05, 3.63) is 0 Å². The summed E-state index contributed by atoms with van der Waals surface area (Å²) in [5.41, 5.74) is 0. The topological polar surface area (TPSA) is 206 Å². The Hall–Kier alpha value is -2.32. The van der Waals surface area contributed by atoms with Gasteiger partial charge in [-0.1, -0.05) is 61.8 Å². The number of esters is 4. The van der Waals surface area contributed by atoms with Crippen LogP contribution in [0.1, 0.15) is 81.1 Å². The van der Waals surface area contributed by atoms with Crippen molar-refractivity contribution in [1.29, 1.82) is 0 Å². The van der Waals surface area contributed by atoms with Crippen LogP contribution in [0.3, 0.4) is 0 Å². The van der Waals surface area contributed by atoms with Crippen LogP contribution in [-0.2, 0) is 38.1 Å². The number of ether oxygens (including phenoxy) is 4. The minimum absolute atomic E-state index is 0.375. The number of rotatable bonds is 20. The zero-order valence-electron chi connectivity index (χ0n) is 26.1. The molecule has 0 bridgehead atoms. The van der Waals surface area contributed by atoms with E-state index in [4.69, 9.17) is 24.1 Å². The van der Waals surface area contributed by atoms with Gasteiger partial charge >= 0.3 is 23.9 Å². The van der Waals surface area contributed by atoms with Crippen molar-refractivity contribution >= 4 is 23.9 Å². The van der Waals surface area contributed by atoms with Crippen LogP contribution < -0.4 is 0 Å². The summed E-state index contributed by atoms with van der Waals surface area (Å²) < 4.78 is 21.4. The molecule has 0 aliphatic carbocycles. The maximum atomic E-state index is 13.3. The molecule has 0 saturated carbocycles. The van der Waals surface area contributed by atoms with E-state index >= 15 is 0 Å². The summed E-state index contributed by atoms with van der Waals surface area (Å²) in [7, 11) is 0. The van der Waals surface area contributed by atoms with Gasteiger partial charge in [0.2, 0.25) is 18.3 Å². The van der Waals surface area contributed by atoms with E-state index in [1.165, 1.54) is 0 Å². The van der Waals surface area contributed by atoms with Gasteiger partial charge in [0.05, 0.1) is 6.61 Å². The maximum Gasteiger partial charge on any atom is 0.348 e. The monoisotopic (exact) mass is 608 g/mol. The third-order valence-electron chi connectivity index (χ3n) is 7.70. The maximum absolute atomic E-state index is 13.3. The Morgan fingerprint density at radius 1 is 0.548 bits per heavy atom. The van der Waals surface area contributed by atoms with Gasteiger partial charge in [-0.2, -0.15) is 0 Å². The molecule has 13 nitrogen and oxygen atoms in total. The molecule has 5 N–H and O–H groups in total. The van der Waals surface area contributed by atoms with Gasteiger partial charge in [0.15, 0.2) is 6.10 Å². The van der Waals surface area contributed by atoms with Crippen LogP contribution in [0, 0.1) is 23.7 Å². The third kappa shape index (κ3) is 12.1. The molecule has 0 radical (unpaired) electrons. The van der Waals surface area contributed by atoms with Crippen LogP contribution in [-0.4, -0.2) is 105 Å². The summed E-state index contributed by atoms with van der Waals surface area (Å²) in [5.74, 6) is -6.09. The molecule has 13 heteroatoms. The molecule has 42 heavy (non-hydrogen) atoms. The number of aliphatic hydroxyl groups excluding tert-OH is 5. The molecule has 11 unspecified atom stereocenters. The highest BCUT2D eigenvalue weighted by molar-refractivity contribution is 5.86. The Bertz CT molecular complexity index is 834. The molecule has 0 spiro atoms. The standard InChI is InChI=1S/C29H52O13/c1-9-15(5)21(33)26(35)40-24(17(7)11-3)28(37)42-25(18(8)12-4)29(38)41-23(16(6)10-2)27(36)39-14-20(32)22(34)19(31)13-30/h15-25,30-34H,9-14H2,1-8H3. The van der Waals surface area contributed by atoms with Crippen molar-refractivity contribution in [3.8, 4) is 0 Å². The minimum atomic E-state index is -1.79. The van der Waals surface area contributed by atoms with Gasteiger partial charge in [-0.15, -0.1) is 0 Å². The quantitative estimate of drug-likeness (QED) is 0.0962. The fourth-order valence-corrected chi connectivity index (χ4v) is 3.58. The molecule has 0 fully saturated rings. The van der Waals surface area contributed by atoms with E-state index in [0.29, 0.717) is 25.7 Å². The first kappa shape index (κ1) is 39.7. The van der Waals surface area contributed by atoms with E-state index in [0.717, 1.165) is 0 Å². The van der Waals surface area contributed by atoms with Gasteiger partial charge in [-0.3, -0.25) is 0 Å². The Kier molecular flexibility index (Phi) is 18.7. The summed E-state index contributed by atoms with van der Waals surface area (Å²) in [4.78, 5) is 51.9. The lowest BCUT2D eigenvalue weighted by Gasteiger charge is -2.29. The smallest absolute Gasteiger partial charge is 0.348 e. The first-order chi connectivity index (χ1) is 19.6. The van der Waals surface area contributed by atoms with Crippen LogP contribution in [0.2, 0.25) is 0 Å². The number of aliphatic hydroxyl groups is 5. The van der Waals surface area contributed by atoms with E-state index in [1.54, 1.807) is 55.4 Å². The highest BCUT2D eigenvalue weighted by Gasteiger charge is 2.40. The Labute approximate surface area is 248 Å². The normalized spacial score (nSPS) is 19.5. The first-order valence-corrected chi connectivity index (χ1v) is 14.7. The number of carbonyl (C=O) groups is 4. The van der Waals surface area contributed by atoms with Crippen LogP contribution in [0.15, 0.2) is 0 Å². The fourth-order valence-electron chi connectivity index (χ4n) is 3.58. The molecule has 0 saturated heterocycles. The lowest BCUT2D eigenvalue weighted by Crippen LogP contribution is -2.46. The fraction of sp³-hybridized carbons (Fsp3) is 0.862. The summed E-state index contributed by atoms with van der Waals surface area (Å²) in [5, 5.41) is 48.4. The van der Waals surface area contributed by atoms with E-state index in [2.05, 4.69) is 0 Å². The second-order valence-electron chi connectivity index (χ2n) is 11.0. The zero-order chi connectivity index (χ0) is 32.7. The Balaban J connectivity index is 5.84. The average Bonchev–Trinajstić information content (AvgIpc) is 3.00. The predicted molar refractivity (Wildman–Crippen MR) is 150 cm³/mol. The average molecular weight is 609 g/mol. The number of hydrogen-bond donors (Lipinski definition) is 5. The van der Waals surface area contributed by atoms with Crippen LogP contribution in [0.25, 0.3) is 0 Å².